The van der Waals surface area contributed by atoms with E-state index in [1.165, 1.54) is 21.1 Å². The molecular formula is C13H16O5. The van der Waals surface area contributed by atoms with Crippen LogP contribution < -0.4 is 9.47 Å². The van der Waals surface area contributed by atoms with Crippen molar-refractivity contribution in [1.82, 2.24) is 0 Å². The Kier molecular flexibility index (Phi) is 5.05. The van der Waals surface area contributed by atoms with Gasteiger partial charge < -0.3 is 19.3 Å². The van der Waals surface area contributed by atoms with E-state index in [0.717, 1.165) is 5.56 Å². The molecule has 0 aromatic heterocycles. The first-order valence-corrected chi connectivity index (χ1v) is 5.33. The molecule has 18 heavy (non-hydrogen) atoms. The van der Waals surface area contributed by atoms with E-state index in [1.54, 1.807) is 24.3 Å². The third-order valence-corrected chi connectivity index (χ3v) is 2.20. The topological polar surface area (TPSA) is 65.0 Å². The van der Waals surface area contributed by atoms with Crippen LogP contribution in [0.2, 0.25) is 0 Å². The van der Waals surface area contributed by atoms with Crippen LogP contribution in [0.25, 0.3) is 6.08 Å². The van der Waals surface area contributed by atoms with Crippen LogP contribution in [0.5, 0.6) is 17.2 Å². The Bertz CT molecular complexity index is 426. The highest BCUT2D eigenvalue weighted by atomic mass is 16.5. The molecule has 0 aliphatic heterocycles. The van der Waals surface area contributed by atoms with Crippen molar-refractivity contribution in [1.29, 1.82) is 0 Å². The Hall–Kier alpha value is -2.17. The van der Waals surface area contributed by atoms with Gasteiger partial charge in [0.15, 0.2) is 11.5 Å². The average molecular weight is 252 g/mol. The van der Waals surface area contributed by atoms with Crippen LogP contribution in [0.3, 0.4) is 0 Å². The number of methoxy groups -OCH3 is 2. The van der Waals surface area contributed by atoms with Crippen molar-refractivity contribution in [2.24, 2.45) is 0 Å². The van der Waals surface area contributed by atoms with Gasteiger partial charge in [-0.3, -0.25) is 4.79 Å². The summed E-state index contributed by atoms with van der Waals surface area (Å²) in [5.74, 6) is 0.264. The van der Waals surface area contributed by atoms with Gasteiger partial charge in [-0.05, 0) is 23.8 Å². The Labute approximate surface area is 106 Å². The predicted octanol–water partition coefficient (Wildman–Crippen LogP) is 1.99. The SMILES string of the molecule is COc1cc(/C=C/COC(C)=O)cc(OC)c1O. The first kappa shape index (κ1) is 13.9. The molecule has 1 N–H and O–H groups in total. The zero-order chi connectivity index (χ0) is 13.5. The molecule has 0 spiro atoms. The zero-order valence-corrected chi connectivity index (χ0v) is 10.6. The smallest absolute Gasteiger partial charge is 0.302 e. The van der Waals surface area contributed by atoms with Crippen LogP contribution in [0.1, 0.15) is 12.5 Å². The number of carbonyl (C=O) groups is 1. The van der Waals surface area contributed by atoms with Gasteiger partial charge in [0.05, 0.1) is 14.2 Å². The summed E-state index contributed by atoms with van der Waals surface area (Å²) in [7, 11) is 2.92. The number of rotatable bonds is 5. The largest absolute Gasteiger partial charge is 0.502 e. The van der Waals surface area contributed by atoms with Gasteiger partial charge in [-0.2, -0.15) is 0 Å². The molecule has 0 saturated carbocycles. The third kappa shape index (κ3) is 3.69. The Balaban J connectivity index is 2.86. The van der Waals surface area contributed by atoms with Gasteiger partial charge in [0, 0.05) is 6.92 Å². The molecule has 5 nitrogen and oxygen atoms in total. The summed E-state index contributed by atoms with van der Waals surface area (Å²) in [6.45, 7) is 1.54. The second-order valence-corrected chi connectivity index (χ2v) is 3.48. The molecule has 0 unspecified atom stereocenters. The summed E-state index contributed by atoms with van der Waals surface area (Å²) in [6.07, 6.45) is 3.43. The quantitative estimate of drug-likeness (QED) is 0.812. The lowest BCUT2D eigenvalue weighted by atomic mass is 10.1. The molecular weight excluding hydrogens is 236 g/mol. The molecule has 0 amide bonds. The molecule has 98 valence electrons. The number of aromatic hydroxyl groups is 1. The number of ether oxygens (including phenoxy) is 3. The van der Waals surface area contributed by atoms with Gasteiger partial charge in [-0.25, -0.2) is 0 Å². The van der Waals surface area contributed by atoms with Crippen molar-refractivity contribution in [2.75, 3.05) is 20.8 Å². The third-order valence-electron chi connectivity index (χ3n) is 2.20. The number of esters is 1. The minimum Gasteiger partial charge on any atom is -0.502 e. The number of carbonyl (C=O) groups excluding carboxylic acids is 1. The number of phenolic OH excluding ortho intramolecular Hbond substituents is 1. The number of hydrogen-bond donors (Lipinski definition) is 1. The fourth-order valence-electron chi connectivity index (χ4n) is 1.36. The van der Waals surface area contributed by atoms with E-state index in [-0.39, 0.29) is 18.3 Å². The summed E-state index contributed by atoms with van der Waals surface area (Å²) in [4.78, 5) is 10.6. The molecule has 1 aromatic rings. The van der Waals surface area contributed by atoms with Gasteiger partial charge in [0.25, 0.3) is 0 Å². The first-order valence-electron chi connectivity index (χ1n) is 5.33. The zero-order valence-electron chi connectivity index (χ0n) is 10.6. The molecule has 0 aliphatic rings. The van der Waals surface area contributed by atoms with Gasteiger partial charge >= 0.3 is 5.97 Å². The standard InChI is InChI=1S/C13H16O5/c1-9(14)18-6-4-5-10-7-11(16-2)13(15)12(8-10)17-3/h4-5,7-8,15H,6H2,1-3H3/b5-4+. The molecule has 0 saturated heterocycles. The number of phenols is 1. The predicted molar refractivity (Wildman–Crippen MR) is 66.9 cm³/mol. The Morgan fingerprint density at radius 2 is 1.83 bits per heavy atom. The lowest BCUT2D eigenvalue weighted by Gasteiger charge is -2.09. The van der Waals surface area contributed by atoms with E-state index in [1.807, 2.05) is 0 Å². The van der Waals surface area contributed by atoms with Gasteiger partial charge in [0.2, 0.25) is 5.75 Å². The molecule has 1 aromatic carbocycles. The van der Waals surface area contributed by atoms with Crippen LogP contribution >= 0.6 is 0 Å². The van der Waals surface area contributed by atoms with E-state index in [9.17, 15) is 9.90 Å². The second kappa shape index (κ2) is 6.54. The van der Waals surface area contributed by atoms with Crippen molar-refractivity contribution >= 4 is 12.0 Å². The van der Waals surface area contributed by atoms with Crippen molar-refractivity contribution in [3.63, 3.8) is 0 Å². The molecule has 0 radical (unpaired) electrons. The average Bonchev–Trinajstić information content (AvgIpc) is 2.35. The van der Waals surface area contributed by atoms with Crippen molar-refractivity contribution < 1.29 is 24.1 Å². The van der Waals surface area contributed by atoms with Crippen molar-refractivity contribution in [3.8, 4) is 17.2 Å². The van der Waals surface area contributed by atoms with Gasteiger partial charge in [0.1, 0.15) is 6.61 Å². The van der Waals surface area contributed by atoms with Crippen LogP contribution in [-0.2, 0) is 9.53 Å². The summed E-state index contributed by atoms with van der Waals surface area (Å²) in [5.41, 5.74) is 0.772. The van der Waals surface area contributed by atoms with E-state index in [4.69, 9.17) is 14.2 Å². The summed E-state index contributed by atoms with van der Waals surface area (Å²) in [5, 5.41) is 9.71. The molecule has 0 fully saturated rings. The van der Waals surface area contributed by atoms with Crippen LogP contribution in [-0.4, -0.2) is 31.9 Å². The molecule has 0 aliphatic carbocycles. The Morgan fingerprint density at radius 3 is 2.28 bits per heavy atom. The van der Waals surface area contributed by atoms with Gasteiger partial charge in [-0.15, -0.1) is 0 Å². The highest BCUT2D eigenvalue weighted by Gasteiger charge is 2.09. The fraction of sp³-hybridized carbons (Fsp3) is 0.308. The van der Waals surface area contributed by atoms with Gasteiger partial charge in [-0.1, -0.05) is 6.08 Å². The summed E-state index contributed by atoms with van der Waals surface area (Å²) < 4.78 is 14.8. The minimum absolute atomic E-state index is 0.0443. The van der Waals surface area contributed by atoms with Crippen LogP contribution in [0.15, 0.2) is 18.2 Å². The fourth-order valence-corrected chi connectivity index (χ4v) is 1.36. The monoisotopic (exact) mass is 252 g/mol. The van der Waals surface area contributed by atoms with Crippen molar-refractivity contribution in [3.05, 3.63) is 23.8 Å². The highest BCUT2D eigenvalue weighted by Crippen LogP contribution is 2.37. The van der Waals surface area contributed by atoms with Crippen LogP contribution in [0.4, 0.5) is 0 Å². The van der Waals surface area contributed by atoms with E-state index >= 15 is 0 Å². The molecule has 0 heterocycles. The number of hydrogen-bond acceptors (Lipinski definition) is 5. The van der Waals surface area contributed by atoms with Crippen LogP contribution in [0, 0.1) is 0 Å². The van der Waals surface area contributed by atoms with E-state index in [0.29, 0.717) is 11.5 Å². The van der Waals surface area contributed by atoms with E-state index in [2.05, 4.69) is 0 Å². The lowest BCUT2D eigenvalue weighted by molar-refractivity contribution is -0.139. The Morgan fingerprint density at radius 1 is 1.28 bits per heavy atom. The highest BCUT2D eigenvalue weighted by molar-refractivity contribution is 5.66. The molecule has 0 bridgehead atoms. The summed E-state index contributed by atoms with van der Waals surface area (Å²) in [6, 6.07) is 3.31. The molecule has 0 atom stereocenters. The van der Waals surface area contributed by atoms with Crippen molar-refractivity contribution in [2.45, 2.75) is 6.92 Å². The number of benzene rings is 1. The maximum atomic E-state index is 10.6. The van der Waals surface area contributed by atoms with E-state index < -0.39 is 0 Å². The molecule has 5 heteroatoms. The maximum absolute atomic E-state index is 10.6. The second-order valence-electron chi connectivity index (χ2n) is 3.48. The first-order chi connectivity index (χ1) is 8.58. The molecule has 1 rings (SSSR count). The minimum atomic E-state index is -0.333. The summed E-state index contributed by atoms with van der Waals surface area (Å²) >= 11 is 0. The lowest BCUT2D eigenvalue weighted by Crippen LogP contribution is -1.97. The normalized spacial score (nSPS) is 10.4. The maximum Gasteiger partial charge on any atom is 0.302 e.